The highest BCUT2D eigenvalue weighted by Gasteiger charge is 2.03. The lowest BCUT2D eigenvalue weighted by molar-refractivity contribution is 0.0936. The van der Waals surface area contributed by atoms with Crippen LogP contribution in [-0.4, -0.2) is 17.8 Å². The van der Waals surface area contributed by atoms with Crippen molar-refractivity contribution in [1.29, 1.82) is 0 Å². The second kappa shape index (κ2) is 12.8. The van der Waals surface area contributed by atoms with Crippen LogP contribution in [0.25, 0.3) is 0 Å². The van der Waals surface area contributed by atoms with E-state index < -0.39 is 0 Å². The fraction of sp³-hybridized carbons (Fsp3) is 0.684. The van der Waals surface area contributed by atoms with Gasteiger partial charge in [0.05, 0.1) is 12.7 Å². The Balaban J connectivity index is 1.88. The smallest absolute Gasteiger partial charge is 0.0716 e. The Labute approximate surface area is 130 Å². The molecule has 0 spiro atoms. The van der Waals surface area contributed by atoms with Gasteiger partial charge in [-0.3, -0.25) is 0 Å². The number of ether oxygens (including phenoxy) is 1. The number of rotatable bonds is 13. The predicted octanol–water partition coefficient (Wildman–Crippen LogP) is 5.09. The molecule has 120 valence electrons. The molecule has 1 unspecified atom stereocenters. The molecule has 0 radical (unpaired) electrons. The summed E-state index contributed by atoms with van der Waals surface area (Å²) in [5, 5.41) is 9.91. The topological polar surface area (TPSA) is 29.5 Å². The van der Waals surface area contributed by atoms with Gasteiger partial charge in [-0.2, -0.15) is 0 Å². The summed E-state index contributed by atoms with van der Waals surface area (Å²) in [6, 6.07) is 10.2. The third-order valence-corrected chi connectivity index (χ3v) is 3.83. The van der Waals surface area contributed by atoms with E-state index >= 15 is 0 Å². The Morgan fingerprint density at radius 2 is 1.57 bits per heavy atom. The molecule has 1 atom stereocenters. The molecule has 1 rings (SSSR count). The lowest BCUT2D eigenvalue weighted by Gasteiger charge is -2.10. The van der Waals surface area contributed by atoms with Gasteiger partial charge in [-0.1, -0.05) is 75.8 Å². The first-order valence-corrected chi connectivity index (χ1v) is 8.62. The molecule has 0 fully saturated rings. The summed E-state index contributed by atoms with van der Waals surface area (Å²) in [7, 11) is 0. The average molecular weight is 292 g/mol. The standard InChI is InChI=1S/C19H32O2/c1-2-3-4-5-6-10-14-19(20)15-11-16-21-17-18-12-8-7-9-13-18/h7-9,12-13,19-20H,2-6,10-11,14-17H2,1H3. The summed E-state index contributed by atoms with van der Waals surface area (Å²) in [6.07, 6.45) is 10.4. The maximum atomic E-state index is 9.91. The highest BCUT2D eigenvalue weighted by Crippen LogP contribution is 2.11. The summed E-state index contributed by atoms with van der Waals surface area (Å²) >= 11 is 0. The van der Waals surface area contributed by atoms with Crippen LogP contribution in [0.4, 0.5) is 0 Å². The van der Waals surface area contributed by atoms with Gasteiger partial charge in [0.15, 0.2) is 0 Å². The Bertz CT molecular complexity index is 324. The van der Waals surface area contributed by atoms with Crippen molar-refractivity contribution in [2.75, 3.05) is 6.61 Å². The first kappa shape index (κ1) is 18.2. The van der Waals surface area contributed by atoms with Crippen molar-refractivity contribution in [2.45, 2.75) is 77.4 Å². The van der Waals surface area contributed by atoms with Crippen LogP contribution in [0.2, 0.25) is 0 Å². The monoisotopic (exact) mass is 292 g/mol. The minimum Gasteiger partial charge on any atom is -0.393 e. The zero-order valence-corrected chi connectivity index (χ0v) is 13.6. The van der Waals surface area contributed by atoms with Gasteiger partial charge in [-0.05, 0) is 24.8 Å². The molecule has 0 aliphatic rings. The predicted molar refractivity (Wildman–Crippen MR) is 89.3 cm³/mol. The third kappa shape index (κ3) is 10.5. The number of aliphatic hydroxyl groups is 1. The Kier molecular flexibility index (Phi) is 11.1. The Morgan fingerprint density at radius 1 is 0.905 bits per heavy atom. The molecule has 0 amide bonds. The van der Waals surface area contributed by atoms with Crippen molar-refractivity contribution in [3.63, 3.8) is 0 Å². The molecule has 0 aliphatic carbocycles. The van der Waals surface area contributed by atoms with E-state index in [2.05, 4.69) is 19.1 Å². The summed E-state index contributed by atoms with van der Waals surface area (Å²) < 4.78 is 5.63. The van der Waals surface area contributed by atoms with Gasteiger partial charge in [0.1, 0.15) is 0 Å². The zero-order chi connectivity index (χ0) is 15.2. The molecule has 1 aromatic carbocycles. The van der Waals surface area contributed by atoms with E-state index in [-0.39, 0.29) is 6.10 Å². The van der Waals surface area contributed by atoms with Crippen LogP contribution in [-0.2, 0) is 11.3 Å². The maximum Gasteiger partial charge on any atom is 0.0716 e. The Morgan fingerprint density at radius 3 is 2.33 bits per heavy atom. The van der Waals surface area contributed by atoms with Crippen LogP contribution in [0.15, 0.2) is 30.3 Å². The van der Waals surface area contributed by atoms with Gasteiger partial charge in [-0.25, -0.2) is 0 Å². The van der Waals surface area contributed by atoms with Gasteiger partial charge >= 0.3 is 0 Å². The molecule has 2 heteroatoms. The molecule has 0 aromatic heterocycles. The molecular weight excluding hydrogens is 260 g/mol. The number of hydrogen-bond donors (Lipinski definition) is 1. The minimum absolute atomic E-state index is 0.142. The van der Waals surface area contributed by atoms with Crippen LogP contribution < -0.4 is 0 Å². The summed E-state index contributed by atoms with van der Waals surface area (Å²) in [6.45, 7) is 3.65. The van der Waals surface area contributed by atoms with Crippen molar-refractivity contribution in [3.05, 3.63) is 35.9 Å². The molecule has 1 aromatic rings. The van der Waals surface area contributed by atoms with Crippen LogP contribution >= 0.6 is 0 Å². The second-order valence-corrected chi connectivity index (χ2v) is 5.89. The highest BCUT2D eigenvalue weighted by molar-refractivity contribution is 5.13. The normalized spacial score (nSPS) is 12.5. The van der Waals surface area contributed by atoms with Crippen LogP contribution in [0.3, 0.4) is 0 Å². The lowest BCUT2D eigenvalue weighted by atomic mass is 10.0. The molecule has 0 heterocycles. The number of hydrogen-bond acceptors (Lipinski definition) is 2. The minimum atomic E-state index is -0.142. The summed E-state index contributed by atoms with van der Waals surface area (Å²) in [5.74, 6) is 0. The van der Waals surface area contributed by atoms with Crippen molar-refractivity contribution < 1.29 is 9.84 Å². The van der Waals surface area contributed by atoms with Gasteiger partial charge in [0.2, 0.25) is 0 Å². The van der Waals surface area contributed by atoms with Gasteiger partial charge in [0, 0.05) is 6.61 Å². The number of unbranched alkanes of at least 4 members (excludes halogenated alkanes) is 5. The number of benzene rings is 1. The van der Waals surface area contributed by atoms with E-state index in [1.807, 2.05) is 18.2 Å². The molecule has 2 nitrogen and oxygen atoms in total. The molecule has 0 saturated carbocycles. The fourth-order valence-electron chi connectivity index (χ4n) is 2.49. The van der Waals surface area contributed by atoms with Crippen LogP contribution in [0, 0.1) is 0 Å². The maximum absolute atomic E-state index is 9.91. The van der Waals surface area contributed by atoms with Crippen molar-refractivity contribution in [2.24, 2.45) is 0 Å². The first-order chi connectivity index (χ1) is 10.3. The molecule has 0 aliphatic heterocycles. The first-order valence-electron chi connectivity index (χ1n) is 8.62. The van der Waals surface area contributed by atoms with Crippen molar-refractivity contribution >= 4 is 0 Å². The van der Waals surface area contributed by atoms with E-state index in [1.54, 1.807) is 0 Å². The quantitative estimate of drug-likeness (QED) is 0.513. The summed E-state index contributed by atoms with van der Waals surface area (Å²) in [4.78, 5) is 0. The fourth-order valence-corrected chi connectivity index (χ4v) is 2.49. The molecular formula is C19H32O2. The highest BCUT2D eigenvalue weighted by atomic mass is 16.5. The molecule has 0 bridgehead atoms. The van der Waals surface area contributed by atoms with E-state index in [9.17, 15) is 5.11 Å². The Hall–Kier alpha value is -0.860. The van der Waals surface area contributed by atoms with Crippen molar-refractivity contribution in [3.8, 4) is 0 Å². The lowest BCUT2D eigenvalue weighted by Crippen LogP contribution is -2.08. The number of aliphatic hydroxyl groups excluding tert-OH is 1. The van der Waals surface area contributed by atoms with E-state index in [0.29, 0.717) is 6.61 Å². The van der Waals surface area contributed by atoms with Gasteiger partial charge in [0.25, 0.3) is 0 Å². The average Bonchev–Trinajstić information content (AvgIpc) is 2.51. The van der Waals surface area contributed by atoms with E-state index in [4.69, 9.17) is 4.74 Å². The van der Waals surface area contributed by atoms with E-state index in [1.165, 1.54) is 37.7 Å². The van der Waals surface area contributed by atoms with Crippen LogP contribution in [0.1, 0.15) is 70.3 Å². The van der Waals surface area contributed by atoms with Crippen molar-refractivity contribution in [1.82, 2.24) is 0 Å². The molecule has 1 N–H and O–H groups in total. The largest absolute Gasteiger partial charge is 0.393 e. The molecule has 21 heavy (non-hydrogen) atoms. The summed E-state index contributed by atoms with van der Waals surface area (Å²) in [5.41, 5.74) is 1.21. The second-order valence-electron chi connectivity index (χ2n) is 5.89. The van der Waals surface area contributed by atoms with Gasteiger partial charge in [-0.15, -0.1) is 0 Å². The third-order valence-electron chi connectivity index (χ3n) is 3.83. The zero-order valence-electron chi connectivity index (χ0n) is 13.6. The van der Waals surface area contributed by atoms with Crippen LogP contribution in [0.5, 0.6) is 0 Å². The molecule has 0 saturated heterocycles. The SMILES string of the molecule is CCCCCCCCC(O)CCCOCc1ccccc1. The van der Waals surface area contributed by atoms with Gasteiger partial charge < -0.3 is 9.84 Å². The van der Waals surface area contributed by atoms with E-state index in [0.717, 1.165) is 32.3 Å².